The lowest BCUT2D eigenvalue weighted by molar-refractivity contribution is 1.10. The fourth-order valence-electron chi connectivity index (χ4n) is 0.683. The topological polar surface area (TPSA) is 63.8 Å². The summed E-state index contributed by atoms with van der Waals surface area (Å²) in [6.45, 7) is 1.85. The lowest BCUT2D eigenvalue weighted by atomic mass is 10.3. The number of nitrogens with two attached hydrogens (primary N) is 1. The van der Waals surface area contributed by atoms with Crippen LogP contribution in [0.1, 0.15) is 5.69 Å². The number of rotatable bonds is 1. The van der Waals surface area contributed by atoms with E-state index in [1.807, 2.05) is 6.92 Å². The average molecular weight is 138 g/mol. The standard InChI is InChI=1S/C6H10N4/c1-4-5(7)6(8-2)10-3-9-4/h3H,7H2,1-2H3,(H,8,9,10). The van der Waals surface area contributed by atoms with Gasteiger partial charge in [-0.2, -0.15) is 0 Å². The molecule has 0 saturated carbocycles. The van der Waals surface area contributed by atoms with Gasteiger partial charge in [0, 0.05) is 7.05 Å². The van der Waals surface area contributed by atoms with Crippen LogP contribution in [0.3, 0.4) is 0 Å². The van der Waals surface area contributed by atoms with E-state index >= 15 is 0 Å². The Labute approximate surface area is 59.5 Å². The lowest BCUT2D eigenvalue weighted by Crippen LogP contribution is -2.01. The number of aryl methyl sites for hydroxylation is 1. The normalized spacial score (nSPS) is 9.40. The summed E-state index contributed by atoms with van der Waals surface area (Å²) in [6.07, 6.45) is 1.48. The van der Waals surface area contributed by atoms with Crippen molar-refractivity contribution in [1.82, 2.24) is 9.97 Å². The quantitative estimate of drug-likeness (QED) is 0.590. The molecule has 0 amide bonds. The minimum Gasteiger partial charge on any atom is -0.394 e. The molecule has 0 bridgehead atoms. The van der Waals surface area contributed by atoms with E-state index in [1.54, 1.807) is 7.05 Å². The first-order valence-electron chi connectivity index (χ1n) is 3.00. The van der Waals surface area contributed by atoms with Crippen molar-refractivity contribution in [1.29, 1.82) is 0 Å². The van der Waals surface area contributed by atoms with Gasteiger partial charge >= 0.3 is 0 Å². The number of aromatic nitrogens is 2. The van der Waals surface area contributed by atoms with Gasteiger partial charge in [0.05, 0.1) is 11.4 Å². The van der Waals surface area contributed by atoms with Crippen LogP contribution >= 0.6 is 0 Å². The third-order valence-electron chi connectivity index (χ3n) is 1.32. The van der Waals surface area contributed by atoms with E-state index in [2.05, 4.69) is 15.3 Å². The second-order valence-electron chi connectivity index (χ2n) is 1.97. The van der Waals surface area contributed by atoms with E-state index in [0.717, 1.165) is 5.69 Å². The Bertz CT molecular complexity index is 233. The second kappa shape index (κ2) is 2.51. The number of nitrogens with zero attached hydrogens (tertiary/aromatic N) is 2. The predicted octanol–water partition coefficient (Wildman–Crippen LogP) is 0.409. The van der Waals surface area contributed by atoms with Gasteiger partial charge in [-0.1, -0.05) is 0 Å². The predicted molar refractivity (Wildman–Crippen MR) is 40.7 cm³/mol. The summed E-state index contributed by atoms with van der Waals surface area (Å²) < 4.78 is 0. The minimum atomic E-state index is 0.616. The molecule has 0 aromatic carbocycles. The van der Waals surface area contributed by atoms with Crippen LogP contribution in [0.4, 0.5) is 11.5 Å². The first kappa shape index (κ1) is 6.80. The molecule has 1 aromatic heterocycles. The summed E-state index contributed by atoms with van der Waals surface area (Å²) in [5, 5.41) is 2.86. The summed E-state index contributed by atoms with van der Waals surface area (Å²) in [5.41, 5.74) is 7.03. The molecular weight excluding hydrogens is 128 g/mol. The zero-order valence-electron chi connectivity index (χ0n) is 6.05. The molecule has 0 radical (unpaired) electrons. The molecule has 0 saturated heterocycles. The van der Waals surface area contributed by atoms with Gasteiger partial charge in [0.25, 0.3) is 0 Å². The first-order chi connectivity index (χ1) is 4.75. The fourth-order valence-corrected chi connectivity index (χ4v) is 0.683. The molecule has 0 aliphatic rings. The van der Waals surface area contributed by atoms with Gasteiger partial charge < -0.3 is 11.1 Å². The van der Waals surface area contributed by atoms with Crippen LogP contribution in [-0.4, -0.2) is 17.0 Å². The second-order valence-corrected chi connectivity index (χ2v) is 1.97. The summed E-state index contributed by atoms with van der Waals surface area (Å²) in [7, 11) is 1.78. The van der Waals surface area contributed by atoms with Crippen molar-refractivity contribution >= 4 is 11.5 Å². The highest BCUT2D eigenvalue weighted by Gasteiger charge is 1.99. The Morgan fingerprint density at radius 3 is 2.70 bits per heavy atom. The zero-order chi connectivity index (χ0) is 7.56. The van der Waals surface area contributed by atoms with Crippen molar-refractivity contribution in [3.8, 4) is 0 Å². The van der Waals surface area contributed by atoms with Crippen molar-refractivity contribution in [3.05, 3.63) is 12.0 Å². The van der Waals surface area contributed by atoms with Gasteiger partial charge in [-0.05, 0) is 6.92 Å². The minimum absolute atomic E-state index is 0.616. The number of nitrogen functional groups attached to an aromatic ring is 1. The smallest absolute Gasteiger partial charge is 0.152 e. The Hall–Kier alpha value is -1.32. The zero-order valence-corrected chi connectivity index (χ0v) is 6.05. The van der Waals surface area contributed by atoms with Crippen molar-refractivity contribution in [2.24, 2.45) is 0 Å². The number of hydrogen-bond donors (Lipinski definition) is 2. The summed E-state index contributed by atoms with van der Waals surface area (Å²) in [5.74, 6) is 0.688. The van der Waals surface area contributed by atoms with Gasteiger partial charge in [-0.15, -0.1) is 0 Å². The highest BCUT2D eigenvalue weighted by Crippen LogP contribution is 2.14. The Balaban J connectivity index is 3.14. The van der Waals surface area contributed by atoms with Crippen molar-refractivity contribution in [3.63, 3.8) is 0 Å². The van der Waals surface area contributed by atoms with E-state index < -0.39 is 0 Å². The molecule has 54 valence electrons. The van der Waals surface area contributed by atoms with Gasteiger partial charge in [-0.3, -0.25) is 0 Å². The molecule has 4 heteroatoms. The van der Waals surface area contributed by atoms with E-state index in [9.17, 15) is 0 Å². The first-order valence-corrected chi connectivity index (χ1v) is 3.00. The van der Waals surface area contributed by atoms with E-state index in [4.69, 9.17) is 5.73 Å². The molecule has 3 N–H and O–H groups in total. The Morgan fingerprint density at radius 2 is 2.20 bits per heavy atom. The molecule has 0 fully saturated rings. The molecule has 4 nitrogen and oxygen atoms in total. The number of anilines is 2. The van der Waals surface area contributed by atoms with Crippen LogP contribution in [0.25, 0.3) is 0 Å². The highest BCUT2D eigenvalue weighted by molar-refractivity contribution is 5.62. The molecular formula is C6H10N4. The molecule has 0 aliphatic carbocycles. The monoisotopic (exact) mass is 138 g/mol. The van der Waals surface area contributed by atoms with Crippen molar-refractivity contribution in [2.75, 3.05) is 18.1 Å². The third kappa shape index (κ3) is 1.00. The molecule has 0 atom stereocenters. The van der Waals surface area contributed by atoms with Crippen LogP contribution < -0.4 is 11.1 Å². The van der Waals surface area contributed by atoms with Crippen molar-refractivity contribution in [2.45, 2.75) is 6.92 Å². The van der Waals surface area contributed by atoms with Crippen LogP contribution in [0.2, 0.25) is 0 Å². The average Bonchev–Trinajstić information content (AvgIpc) is 1.95. The molecule has 10 heavy (non-hydrogen) atoms. The molecule has 1 rings (SSSR count). The molecule has 0 spiro atoms. The SMILES string of the molecule is CNc1ncnc(C)c1N. The van der Waals surface area contributed by atoms with E-state index in [1.165, 1.54) is 6.33 Å². The molecule has 0 unspecified atom stereocenters. The van der Waals surface area contributed by atoms with Gasteiger partial charge in [0.15, 0.2) is 5.82 Å². The Kier molecular flexibility index (Phi) is 1.71. The van der Waals surface area contributed by atoms with E-state index in [0.29, 0.717) is 11.5 Å². The van der Waals surface area contributed by atoms with Gasteiger partial charge in [-0.25, -0.2) is 9.97 Å². The van der Waals surface area contributed by atoms with Gasteiger partial charge in [0.1, 0.15) is 6.33 Å². The van der Waals surface area contributed by atoms with Crippen LogP contribution in [0, 0.1) is 6.92 Å². The molecule has 0 aliphatic heterocycles. The summed E-state index contributed by atoms with van der Waals surface area (Å²) in [6, 6.07) is 0. The van der Waals surface area contributed by atoms with Crippen LogP contribution in [0.15, 0.2) is 6.33 Å². The Morgan fingerprint density at radius 1 is 1.50 bits per heavy atom. The maximum absolute atomic E-state index is 5.61. The molecule has 1 heterocycles. The van der Waals surface area contributed by atoms with E-state index in [-0.39, 0.29) is 0 Å². The van der Waals surface area contributed by atoms with Crippen LogP contribution in [0.5, 0.6) is 0 Å². The summed E-state index contributed by atoms with van der Waals surface area (Å²) >= 11 is 0. The number of nitrogens with one attached hydrogen (secondary N) is 1. The van der Waals surface area contributed by atoms with Gasteiger partial charge in [0.2, 0.25) is 0 Å². The fraction of sp³-hybridized carbons (Fsp3) is 0.333. The molecule has 1 aromatic rings. The largest absolute Gasteiger partial charge is 0.394 e. The highest BCUT2D eigenvalue weighted by atomic mass is 15.0. The van der Waals surface area contributed by atoms with Crippen LogP contribution in [-0.2, 0) is 0 Å². The summed E-state index contributed by atoms with van der Waals surface area (Å²) in [4.78, 5) is 7.82. The number of hydrogen-bond acceptors (Lipinski definition) is 4. The maximum Gasteiger partial charge on any atom is 0.152 e. The van der Waals surface area contributed by atoms with Crippen molar-refractivity contribution < 1.29 is 0 Å². The lowest BCUT2D eigenvalue weighted by Gasteiger charge is -2.03. The maximum atomic E-state index is 5.61. The third-order valence-corrected chi connectivity index (χ3v) is 1.32.